The van der Waals surface area contributed by atoms with Crippen molar-refractivity contribution in [3.8, 4) is 16.9 Å². The first-order chi connectivity index (χ1) is 8.50. The fourth-order valence-electron chi connectivity index (χ4n) is 1.54. The summed E-state index contributed by atoms with van der Waals surface area (Å²) in [5, 5.41) is 0. The number of ether oxygens (including phenoxy) is 1. The molecule has 0 atom stereocenters. The molecule has 1 aromatic heterocycles. The summed E-state index contributed by atoms with van der Waals surface area (Å²) >= 11 is 0. The molecule has 0 N–H and O–H groups in total. The van der Waals surface area contributed by atoms with Crippen LogP contribution in [0.1, 0.15) is 5.56 Å². The van der Waals surface area contributed by atoms with Crippen molar-refractivity contribution in [2.45, 2.75) is 6.18 Å². The van der Waals surface area contributed by atoms with Crippen molar-refractivity contribution in [3.05, 3.63) is 48.3 Å². The zero-order valence-corrected chi connectivity index (χ0v) is 9.53. The normalized spacial score (nSPS) is 11.3. The highest BCUT2D eigenvalue weighted by Gasteiger charge is 2.29. The Morgan fingerprint density at radius 2 is 1.67 bits per heavy atom. The topological polar surface area (TPSA) is 22.1 Å². The molecule has 0 bridgehead atoms. The molecule has 2 rings (SSSR count). The lowest BCUT2D eigenvalue weighted by Crippen LogP contribution is -2.03. The number of rotatable bonds is 2. The number of methoxy groups -OCH3 is 1. The van der Waals surface area contributed by atoms with Gasteiger partial charge in [0.1, 0.15) is 5.75 Å². The Labute approximate surface area is 102 Å². The van der Waals surface area contributed by atoms with E-state index < -0.39 is 11.7 Å². The number of benzene rings is 1. The van der Waals surface area contributed by atoms with Crippen LogP contribution in [0.5, 0.6) is 5.75 Å². The van der Waals surface area contributed by atoms with Crippen molar-refractivity contribution in [3.63, 3.8) is 0 Å². The van der Waals surface area contributed by atoms with Gasteiger partial charge in [-0.25, -0.2) is 0 Å². The van der Waals surface area contributed by atoms with E-state index in [1.165, 1.54) is 25.4 Å². The van der Waals surface area contributed by atoms with Gasteiger partial charge in [-0.3, -0.25) is 4.98 Å². The SMILES string of the molecule is COc1cncc(-c2ccc(C(F)(F)F)cc2)c1. The quantitative estimate of drug-likeness (QED) is 0.812. The number of hydrogen-bond acceptors (Lipinski definition) is 2. The summed E-state index contributed by atoms with van der Waals surface area (Å²) in [6.07, 6.45) is -1.20. The van der Waals surface area contributed by atoms with E-state index in [-0.39, 0.29) is 0 Å². The molecular formula is C13H10F3NO. The molecule has 0 amide bonds. The molecule has 0 radical (unpaired) electrons. The van der Waals surface area contributed by atoms with E-state index in [9.17, 15) is 13.2 Å². The second-order valence-corrected chi connectivity index (χ2v) is 3.69. The van der Waals surface area contributed by atoms with Gasteiger partial charge in [-0.2, -0.15) is 13.2 Å². The van der Waals surface area contributed by atoms with Crippen LogP contribution in [0.25, 0.3) is 11.1 Å². The summed E-state index contributed by atoms with van der Waals surface area (Å²) in [6.45, 7) is 0. The molecule has 2 nitrogen and oxygen atoms in total. The molecule has 1 heterocycles. The van der Waals surface area contributed by atoms with E-state index in [2.05, 4.69) is 4.98 Å². The summed E-state index contributed by atoms with van der Waals surface area (Å²) in [5.74, 6) is 0.562. The molecule has 0 aliphatic carbocycles. The monoisotopic (exact) mass is 253 g/mol. The molecule has 18 heavy (non-hydrogen) atoms. The van der Waals surface area contributed by atoms with E-state index in [0.717, 1.165) is 12.1 Å². The van der Waals surface area contributed by atoms with Crippen molar-refractivity contribution >= 4 is 0 Å². The number of alkyl halides is 3. The first-order valence-corrected chi connectivity index (χ1v) is 5.17. The maximum Gasteiger partial charge on any atom is 0.416 e. The molecule has 0 saturated heterocycles. The van der Waals surface area contributed by atoms with E-state index in [1.807, 2.05) is 0 Å². The highest BCUT2D eigenvalue weighted by atomic mass is 19.4. The lowest BCUT2D eigenvalue weighted by molar-refractivity contribution is -0.137. The van der Waals surface area contributed by atoms with Gasteiger partial charge in [0.2, 0.25) is 0 Å². The smallest absolute Gasteiger partial charge is 0.416 e. The predicted octanol–water partition coefficient (Wildman–Crippen LogP) is 3.78. The largest absolute Gasteiger partial charge is 0.495 e. The van der Waals surface area contributed by atoms with Crippen LogP contribution in [0.2, 0.25) is 0 Å². The van der Waals surface area contributed by atoms with E-state index in [0.29, 0.717) is 16.9 Å². The Morgan fingerprint density at radius 3 is 2.22 bits per heavy atom. The molecule has 0 spiro atoms. The van der Waals surface area contributed by atoms with Gasteiger partial charge in [0.05, 0.1) is 18.9 Å². The van der Waals surface area contributed by atoms with Crippen LogP contribution < -0.4 is 4.74 Å². The molecule has 0 unspecified atom stereocenters. The highest BCUT2D eigenvalue weighted by Crippen LogP contribution is 2.31. The second-order valence-electron chi connectivity index (χ2n) is 3.69. The minimum atomic E-state index is -4.31. The van der Waals surface area contributed by atoms with Crippen molar-refractivity contribution in [1.29, 1.82) is 0 Å². The zero-order valence-electron chi connectivity index (χ0n) is 9.53. The molecule has 5 heteroatoms. The average Bonchev–Trinajstić information content (AvgIpc) is 2.38. The maximum absolute atomic E-state index is 12.4. The number of pyridine rings is 1. The van der Waals surface area contributed by atoms with Gasteiger partial charge in [-0.1, -0.05) is 12.1 Å². The van der Waals surface area contributed by atoms with Crippen LogP contribution in [-0.2, 0) is 6.18 Å². The number of aromatic nitrogens is 1. The summed E-state index contributed by atoms with van der Waals surface area (Å²) in [4.78, 5) is 3.96. The zero-order chi connectivity index (χ0) is 13.2. The first-order valence-electron chi connectivity index (χ1n) is 5.17. The van der Waals surface area contributed by atoms with E-state index in [4.69, 9.17) is 4.74 Å². The fourth-order valence-corrected chi connectivity index (χ4v) is 1.54. The Bertz CT molecular complexity index is 535. The van der Waals surface area contributed by atoms with Crippen LogP contribution in [0.4, 0.5) is 13.2 Å². The van der Waals surface area contributed by atoms with Gasteiger partial charge in [-0.05, 0) is 23.8 Å². The third-order valence-corrected chi connectivity index (χ3v) is 2.49. The van der Waals surface area contributed by atoms with Crippen LogP contribution in [0, 0.1) is 0 Å². The molecule has 94 valence electrons. The minimum Gasteiger partial charge on any atom is -0.495 e. The summed E-state index contributed by atoms with van der Waals surface area (Å²) in [5.41, 5.74) is 0.708. The van der Waals surface area contributed by atoms with E-state index >= 15 is 0 Å². The second kappa shape index (κ2) is 4.68. The number of halogens is 3. The Hall–Kier alpha value is -2.04. The highest BCUT2D eigenvalue weighted by molar-refractivity contribution is 5.64. The van der Waals surface area contributed by atoms with Crippen LogP contribution >= 0.6 is 0 Å². The van der Waals surface area contributed by atoms with Crippen LogP contribution in [0.15, 0.2) is 42.7 Å². The molecule has 0 fully saturated rings. The Kier molecular flexibility index (Phi) is 3.23. The molecule has 0 saturated carbocycles. The van der Waals surface area contributed by atoms with E-state index in [1.54, 1.807) is 12.3 Å². The predicted molar refractivity (Wildman–Crippen MR) is 61.2 cm³/mol. The van der Waals surface area contributed by atoms with Crippen molar-refractivity contribution < 1.29 is 17.9 Å². The molecule has 2 aromatic rings. The summed E-state index contributed by atoms with van der Waals surface area (Å²) in [7, 11) is 1.51. The fraction of sp³-hybridized carbons (Fsp3) is 0.154. The average molecular weight is 253 g/mol. The molecule has 1 aromatic carbocycles. The molecule has 0 aliphatic heterocycles. The van der Waals surface area contributed by atoms with Gasteiger partial charge in [0, 0.05) is 11.8 Å². The van der Waals surface area contributed by atoms with Crippen molar-refractivity contribution in [1.82, 2.24) is 4.98 Å². The lowest BCUT2D eigenvalue weighted by Gasteiger charge is -2.08. The van der Waals surface area contributed by atoms with Gasteiger partial charge >= 0.3 is 6.18 Å². The molecule has 0 aliphatic rings. The van der Waals surface area contributed by atoms with Crippen LogP contribution in [-0.4, -0.2) is 12.1 Å². The summed E-state index contributed by atoms with van der Waals surface area (Å²) in [6, 6.07) is 6.65. The van der Waals surface area contributed by atoms with Crippen molar-refractivity contribution in [2.24, 2.45) is 0 Å². The van der Waals surface area contributed by atoms with Gasteiger partial charge in [0.25, 0.3) is 0 Å². The third kappa shape index (κ3) is 2.61. The van der Waals surface area contributed by atoms with Gasteiger partial charge in [-0.15, -0.1) is 0 Å². The minimum absolute atomic E-state index is 0.562. The third-order valence-electron chi connectivity index (χ3n) is 2.49. The first kappa shape index (κ1) is 12.4. The van der Waals surface area contributed by atoms with Gasteiger partial charge in [0.15, 0.2) is 0 Å². The Balaban J connectivity index is 2.34. The number of nitrogens with zero attached hydrogens (tertiary/aromatic N) is 1. The van der Waals surface area contributed by atoms with Gasteiger partial charge < -0.3 is 4.74 Å². The molecular weight excluding hydrogens is 243 g/mol. The maximum atomic E-state index is 12.4. The van der Waals surface area contributed by atoms with Crippen molar-refractivity contribution in [2.75, 3.05) is 7.11 Å². The van der Waals surface area contributed by atoms with Crippen LogP contribution in [0.3, 0.4) is 0 Å². The summed E-state index contributed by atoms with van der Waals surface area (Å²) < 4.78 is 42.2. The Morgan fingerprint density at radius 1 is 1.00 bits per heavy atom. The standard InChI is InChI=1S/C13H10F3NO/c1-18-12-6-10(7-17-8-12)9-2-4-11(5-3-9)13(14,15)16/h2-8H,1H3. The number of hydrogen-bond donors (Lipinski definition) is 0. The lowest BCUT2D eigenvalue weighted by atomic mass is 10.1.